The fourth-order valence-electron chi connectivity index (χ4n) is 3.38. The maximum atomic E-state index is 12.4. The van der Waals surface area contributed by atoms with E-state index in [1.165, 1.54) is 15.0 Å². The van der Waals surface area contributed by atoms with Crippen LogP contribution in [0, 0.1) is 0 Å². The van der Waals surface area contributed by atoms with Gasteiger partial charge in [0.25, 0.3) is 0 Å². The van der Waals surface area contributed by atoms with Gasteiger partial charge < -0.3 is 14.4 Å². The van der Waals surface area contributed by atoms with Crippen molar-refractivity contribution in [3.8, 4) is 5.75 Å². The Morgan fingerprint density at radius 2 is 2.04 bits per heavy atom. The summed E-state index contributed by atoms with van der Waals surface area (Å²) in [6.45, 7) is 8.60. The van der Waals surface area contributed by atoms with Gasteiger partial charge in [-0.3, -0.25) is 0 Å². The summed E-state index contributed by atoms with van der Waals surface area (Å²) in [5.74, 6) is 1.39. The summed E-state index contributed by atoms with van der Waals surface area (Å²) >= 11 is 1.84. The summed E-state index contributed by atoms with van der Waals surface area (Å²) in [4.78, 5) is 15.6. The number of carbonyl (C=O) groups excluding carboxylic acids is 1. The number of ether oxygens (including phenoxy) is 2. The molecule has 0 aliphatic carbocycles. The van der Waals surface area contributed by atoms with E-state index in [1.54, 1.807) is 7.11 Å². The van der Waals surface area contributed by atoms with Crippen molar-refractivity contribution >= 4 is 27.5 Å². The molecule has 2 aromatic rings. The first-order valence-corrected chi connectivity index (χ1v) is 9.65. The Morgan fingerprint density at radius 3 is 2.68 bits per heavy atom. The SMILES string of the molecule is COc1ccc2cc(C3CCN(C(=O)OC(C)(C)C)C(C)C3)sc2c1. The normalized spacial score (nSPS) is 21.4. The van der Waals surface area contributed by atoms with E-state index in [9.17, 15) is 4.79 Å². The van der Waals surface area contributed by atoms with E-state index >= 15 is 0 Å². The highest BCUT2D eigenvalue weighted by Gasteiger charge is 2.32. The largest absolute Gasteiger partial charge is 0.497 e. The Labute approximate surface area is 153 Å². The van der Waals surface area contributed by atoms with Gasteiger partial charge in [-0.2, -0.15) is 0 Å². The molecule has 2 unspecified atom stereocenters. The van der Waals surface area contributed by atoms with Crippen molar-refractivity contribution in [3.63, 3.8) is 0 Å². The molecule has 1 aromatic heterocycles. The number of rotatable bonds is 2. The summed E-state index contributed by atoms with van der Waals surface area (Å²) in [6.07, 6.45) is 1.76. The lowest BCUT2D eigenvalue weighted by Gasteiger charge is -2.38. The number of piperidine rings is 1. The van der Waals surface area contributed by atoms with Crippen molar-refractivity contribution in [1.29, 1.82) is 0 Å². The number of benzene rings is 1. The molecular weight excluding hydrogens is 334 g/mol. The van der Waals surface area contributed by atoms with Crippen LogP contribution in [0.1, 0.15) is 51.3 Å². The van der Waals surface area contributed by atoms with Gasteiger partial charge in [-0.15, -0.1) is 11.3 Å². The summed E-state index contributed by atoms with van der Waals surface area (Å²) in [5.41, 5.74) is -0.446. The molecule has 0 N–H and O–H groups in total. The van der Waals surface area contributed by atoms with E-state index in [1.807, 2.05) is 43.1 Å². The van der Waals surface area contributed by atoms with Crippen LogP contribution in [0.15, 0.2) is 24.3 Å². The maximum absolute atomic E-state index is 12.4. The quantitative estimate of drug-likeness (QED) is 0.717. The van der Waals surface area contributed by atoms with Gasteiger partial charge in [0, 0.05) is 22.2 Å². The van der Waals surface area contributed by atoms with Crippen molar-refractivity contribution in [2.75, 3.05) is 13.7 Å². The van der Waals surface area contributed by atoms with Crippen LogP contribution in [0.5, 0.6) is 5.75 Å². The standard InChI is InChI=1S/C20H27NO3S/c1-13-10-15(8-9-21(13)19(22)24-20(2,3)4)17-11-14-6-7-16(23-5)12-18(14)25-17/h6-7,11-13,15H,8-10H2,1-5H3. The summed E-state index contributed by atoms with van der Waals surface area (Å²) < 4.78 is 12.1. The third-order valence-corrected chi connectivity index (χ3v) is 5.91. The minimum atomic E-state index is -0.446. The fourth-order valence-corrected chi connectivity index (χ4v) is 4.62. The molecule has 1 fully saturated rings. The third kappa shape index (κ3) is 4.09. The summed E-state index contributed by atoms with van der Waals surface area (Å²) in [6, 6.07) is 8.70. The van der Waals surface area contributed by atoms with Crippen LogP contribution in [-0.4, -0.2) is 36.3 Å². The predicted molar refractivity (Wildman–Crippen MR) is 103 cm³/mol. The number of hydrogen-bond acceptors (Lipinski definition) is 4. The highest BCUT2D eigenvalue weighted by molar-refractivity contribution is 7.19. The number of fused-ring (bicyclic) bond motifs is 1. The van der Waals surface area contributed by atoms with Gasteiger partial charge >= 0.3 is 6.09 Å². The van der Waals surface area contributed by atoms with Crippen LogP contribution < -0.4 is 4.74 Å². The monoisotopic (exact) mass is 361 g/mol. The molecule has 1 saturated heterocycles. The van der Waals surface area contributed by atoms with E-state index < -0.39 is 5.60 Å². The Balaban J connectivity index is 1.71. The highest BCUT2D eigenvalue weighted by atomic mass is 32.1. The predicted octanol–water partition coefficient (Wildman–Crippen LogP) is 5.41. The first-order valence-electron chi connectivity index (χ1n) is 8.84. The molecule has 2 atom stereocenters. The van der Waals surface area contributed by atoms with Crippen LogP contribution in [0.25, 0.3) is 10.1 Å². The highest BCUT2D eigenvalue weighted by Crippen LogP contribution is 2.39. The fraction of sp³-hybridized carbons (Fsp3) is 0.550. The third-order valence-electron chi connectivity index (χ3n) is 4.65. The molecule has 5 heteroatoms. The van der Waals surface area contributed by atoms with E-state index in [2.05, 4.69) is 25.1 Å². The Kier molecular flexibility index (Phi) is 4.96. The molecule has 4 nitrogen and oxygen atoms in total. The minimum absolute atomic E-state index is 0.188. The zero-order chi connectivity index (χ0) is 18.2. The van der Waals surface area contributed by atoms with Gasteiger partial charge in [0.15, 0.2) is 0 Å². The lowest BCUT2D eigenvalue weighted by atomic mass is 9.90. The second kappa shape index (κ2) is 6.87. The molecule has 25 heavy (non-hydrogen) atoms. The van der Waals surface area contributed by atoms with E-state index in [-0.39, 0.29) is 12.1 Å². The van der Waals surface area contributed by atoms with E-state index in [0.29, 0.717) is 5.92 Å². The number of amides is 1. The number of likely N-dealkylation sites (tertiary alicyclic amines) is 1. The molecular formula is C20H27NO3S. The molecule has 3 rings (SSSR count). The van der Waals surface area contributed by atoms with Crippen LogP contribution in [-0.2, 0) is 4.74 Å². The molecule has 1 aromatic carbocycles. The molecule has 0 bridgehead atoms. The zero-order valence-electron chi connectivity index (χ0n) is 15.7. The number of nitrogens with zero attached hydrogens (tertiary/aromatic N) is 1. The number of methoxy groups -OCH3 is 1. The van der Waals surface area contributed by atoms with Crippen LogP contribution in [0.3, 0.4) is 0 Å². The first-order chi connectivity index (χ1) is 11.8. The molecule has 136 valence electrons. The van der Waals surface area contributed by atoms with Gasteiger partial charge in [0.2, 0.25) is 0 Å². The second-order valence-corrected chi connectivity index (χ2v) is 8.91. The topological polar surface area (TPSA) is 38.8 Å². The van der Waals surface area contributed by atoms with Crippen molar-refractivity contribution in [3.05, 3.63) is 29.1 Å². The van der Waals surface area contributed by atoms with Gasteiger partial charge in [-0.25, -0.2) is 4.79 Å². The van der Waals surface area contributed by atoms with Gasteiger partial charge in [0.05, 0.1) is 7.11 Å². The molecule has 0 spiro atoms. The molecule has 1 aliphatic rings. The zero-order valence-corrected chi connectivity index (χ0v) is 16.5. The van der Waals surface area contributed by atoms with Crippen LogP contribution in [0.2, 0.25) is 0 Å². The molecule has 2 heterocycles. The molecule has 0 radical (unpaired) electrons. The minimum Gasteiger partial charge on any atom is -0.497 e. The first kappa shape index (κ1) is 18.1. The Bertz CT molecular complexity index is 762. The summed E-state index contributed by atoms with van der Waals surface area (Å²) in [7, 11) is 1.70. The van der Waals surface area contributed by atoms with Crippen molar-refractivity contribution in [2.24, 2.45) is 0 Å². The van der Waals surface area contributed by atoms with Crippen molar-refractivity contribution in [2.45, 2.75) is 58.1 Å². The lowest BCUT2D eigenvalue weighted by Crippen LogP contribution is -2.46. The Hall–Kier alpha value is -1.75. The smallest absolute Gasteiger partial charge is 0.410 e. The average Bonchev–Trinajstić information content (AvgIpc) is 2.95. The van der Waals surface area contributed by atoms with Gasteiger partial charge in [-0.1, -0.05) is 0 Å². The number of hydrogen-bond donors (Lipinski definition) is 0. The number of carbonyl (C=O) groups is 1. The van der Waals surface area contributed by atoms with E-state index in [0.717, 1.165) is 25.1 Å². The molecule has 1 amide bonds. The molecule has 1 aliphatic heterocycles. The van der Waals surface area contributed by atoms with Crippen molar-refractivity contribution < 1.29 is 14.3 Å². The molecule has 0 saturated carbocycles. The summed E-state index contributed by atoms with van der Waals surface area (Å²) in [5, 5.41) is 1.27. The maximum Gasteiger partial charge on any atom is 0.410 e. The van der Waals surface area contributed by atoms with E-state index in [4.69, 9.17) is 9.47 Å². The second-order valence-electron chi connectivity index (χ2n) is 7.80. The lowest BCUT2D eigenvalue weighted by molar-refractivity contribution is 0.0105. The number of thiophene rings is 1. The average molecular weight is 362 g/mol. The van der Waals surface area contributed by atoms with Crippen LogP contribution in [0.4, 0.5) is 4.79 Å². The van der Waals surface area contributed by atoms with Gasteiger partial charge in [0.1, 0.15) is 11.4 Å². The van der Waals surface area contributed by atoms with Gasteiger partial charge in [-0.05, 0) is 76.1 Å². The van der Waals surface area contributed by atoms with Crippen molar-refractivity contribution in [1.82, 2.24) is 4.90 Å². The van der Waals surface area contributed by atoms with Crippen LogP contribution >= 0.6 is 11.3 Å². The Morgan fingerprint density at radius 1 is 1.28 bits per heavy atom.